The normalized spacial score (nSPS) is 15.6. The maximum Gasteiger partial charge on any atom is 0.344 e. The molecule has 48 heavy (non-hydrogen) atoms. The summed E-state index contributed by atoms with van der Waals surface area (Å²) in [6.07, 6.45) is 2.34. The Labute approximate surface area is 284 Å². The Kier molecular flexibility index (Phi) is 13.3. The molecule has 1 unspecified atom stereocenters. The van der Waals surface area contributed by atoms with Crippen LogP contribution in [-0.2, 0) is 35.1 Å². The number of carbonyl (C=O) groups is 4. The van der Waals surface area contributed by atoms with Crippen LogP contribution in [0.1, 0.15) is 90.9 Å². The molecule has 0 aromatic heterocycles. The summed E-state index contributed by atoms with van der Waals surface area (Å²) in [5.41, 5.74) is -0.00932. The highest BCUT2D eigenvalue weighted by Crippen LogP contribution is 2.39. The van der Waals surface area contributed by atoms with Gasteiger partial charge in [-0.25, -0.2) is 9.59 Å². The number of benzene rings is 2. The highest BCUT2D eigenvalue weighted by molar-refractivity contribution is 6.38. The first-order chi connectivity index (χ1) is 22.6. The summed E-state index contributed by atoms with van der Waals surface area (Å²) in [5.74, 6) is -0.420. The molecule has 264 valence electrons. The van der Waals surface area contributed by atoms with Crippen LogP contribution in [-0.4, -0.2) is 74.7 Å². The van der Waals surface area contributed by atoms with Crippen LogP contribution < -0.4 is 18.9 Å². The van der Waals surface area contributed by atoms with E-state index in [-0.39, 0.29) is 6.61 Å². The number of amides is 1. The molecular weight excluding hydrogens is 618 g/mol. The molecule has 11 heteroatoms. The monoisotopic (exact) mass is 669 g/mol. The number of carbonyl (C=O) groups excluding carboxylic acids is 4. The molecule has 0 N–H and O–H groups in total. The molecule has 2 atom stereocenters. The van der Waals surface area contributed by atoms with E-state index in [9.17, 15) is 19.2 Å². The topological polar surface area (TPSA) is 127 Å². The van der Waals surface area contributed by atoms with E-state index >= 15 is 0 Å². The Morgan fingerprint density at radius 3 is 2.17 bits per heavy atom. The number of piperidine rings is 1. The lowest BCUT2D eigenvalue weighted by Crippen LogP contribution is -2.53. The number of Topliss-reactive ketones (excluding diaryl/α,β-unsaturated/α-hetero) is 1. The molecule has 1 aliphatic rings. The number of methoxy groups -OCH3 is 3. The van der Waals surface area contributed by atoms with Crippen molar-refractivity contribution < 1.29 is 47.6 Å². The lowest BCUT2D eigenvalue weighted by molar-refractivity contribution is -0.164. The van der Waals surface area contributed by atoms with Crippen molar-refractivity contribution in [2.24, 2.45) is 5.41 Å². The van der Waals surface area contributed by atoms with Gasteiger partial charge < -0.3 is 33.3 Å². The van der Waals surface area contributed by atoms with E-state index in [0.29, 0.717) is 67.2 Å². The van der Waals surface area contributed by atoms with Crippen molar-refractivity contribution in [3.63, 3.8) is 0 Å². The smallest absolute Gasteiger partial charge is 0.344 e. The summed E-state index contributed by atoms with van der Waals surface area (Å²) in [6, 6.07) is 9.76. The van der Waals surface area contributed by atoms with Crippen LogP contribution in [0.15, 0.2) is 36.4 Å². The minimum Gasteiger partial charge on any atom is -0.493 e. The standard InChI is InChI=1S/C37H51NO10/c1-10-37(5,6)33(40)34(41)38-19-12-11-16-27(38)35(42)47-28(18-17-24-20-29(43-7)32(45-9)30(21-24)44-8)25-14-13-15-26(22-25)46-23-31(39)48-36(2,3)4/h13-15,20-22,27-28H,10-12,16-19,23H2,1-9H3/t27-,28?/m0/s1. The molecule has 11 nitrogen and oxygen atoms in total. The molecule has 0 radical (unpaired) electrons. The van der Waals surface area contributed by atoms with Crippen molar-refractivity contribution in [3.8, 4) is 23.0 Å². The van der Waals surface area contributed by atoms with E-state index in [1.807, 2.05) is 25.1 Å². The first-order valence-corrected chi connectivity index (χ1v) is 16.4. The number of likely N-dealkylation sites (tertiary alicyclic amines) is 1. The number of rotatable bonds is 15. The number of hydrogen-bond acceptors (Lipinski definition) is 10. The Morgan fingerprint density at radius 1 is 0.917 bits per heavy atom. The van der Waals surface area contributed by atoms with Gasteiger partial charge in [0.15, 0.2) is 18.1 Å². The third-order valence-electron chi connectivity index (χ3n) is 8.41. The van der Waals surface area contributed by atoms with Crippen LogP contribution in [0.4, 0.5) is 0 Å². The van der Waals surface area contributed by atoms with Gasteiger partial charge >= 0.3 is 11.9 Å². The third kappa shape index (κ3) is 10.1. The Balaban J connectivity index is 1.91. The highest BCUT2D eigenvalue weighted by Gasteiger charge is 2.41. The second-order valence-corrected chi connectivity index (χ2v) is 13.5. The van der Waals surface area contributed by atoms with Crippen LogP contribution in [0.3, 0.4) is 0 Å². The van der Waals surface area contributed by atoms with Gasteiger partial charge in [0.05, 0.1) is 21.3 Å². The molecular formula is C37H51NO10. The van der Waals surface area contributed by atoms with Crippen LogP contribution in [0.2, 0.25) is 0 Å². The quantitative estimate of drug-likeness (QED) is 0.164. The molecule has 1 fully saturated rings. The minimum absolute atomic E-state index is 0.294. The van der Waals surface area contributed by atoms with Crippen molar-refractivity contribution in [2.75, 3.05) is 34.5 Å². The van der Waals surface area contributed by atoms with Crippen molar-refractivity contribution in [1.29, 1.82) is 0 Å². The number of hydrogen-bond donors (Lipinski definition) is 0. The van der Waals surface area contributed by atoms with Gasteiger partial charge in [-0.3, -0.25) is 9.59 Å². The number of ketones is 1. The Bertz CT molecular complexity index is 1420. The molecule has 0 saturated carbocycles. The fraction of sp³-hybridized carbons (Fsp3) is 0.568. The first-order valence-electron chi connectivity index (χ1n) is 16.4. The predicted octanol–water partition coefficient (Wildman–Crippen LogP) is 6.04. The summed E-state index contributed by atoms with van der Waals surface area (Å²) in [4.78, 5) is 54.1. The fourth-order valence-corrected chi connectivity index (χ4v) is 5.41. The molecule has 1 heterocycles. The van der Waals surface area contributed by atoms with E-state index in [2.05, 4.69) is 0 Å². The van der Waals surface area contributed by atoms with Gasteiger partial charge in [0, 0.05) is 12.0 Å². The van der Waals surface area contributed by atoms with E-state index in [0.717, 1.165) is 12.0 Å². The zero-order chi connectivity index (χ0) is 35.6. The van der Waals surface area contributed by atoms with Crippen LogP contribution in [0.25, 0.3) is 0 Å². The average Bonchev–Trinajstić information content (AvgIpc) is 3.07. The second kappa shape index (κ2) is 16.7. The number of esters is 2. The molecule has 1 saturated heterocycles. The van der Waals surface area contributed by atoms with Crippen molar-refractivity contribution >= 4 is 23.6 Å². The molecule has 3 rings (SSSR count). The zero-order valence-corrected chi connectivity index (χ0v) is 29.8. The Morgan fingerprint density at radius 2 is 1.58 bits per heavy atom. The first kappa shape index (κ1) is 38.2. The van der Waals surface area contributed by atoms with Gasteiger partial charge in [-0.1, -0.05) is 32.9 Å². The van der Waals surface area contributed by atoms with Crippen molar-refractivity contribution in [1.82, 2.24) is 4.90 Å². The van der Waals surface area contributed by atoms with Gasteiger partial charge in [-0.15, -0.1) is 0 Å². The molecule has 0 aliphatic carbocycles. The van der Waals surface area contributed by atoms with Gasteiger partial charge in [0.2, 0.25) is 11.5 Å². The highest BCUT2D eigenvalue weighted by atomic mass is 16.6. The predicted molar refractivity (Wildman–Crippen MR) is 179 cm³/mol. The largest absolute Gasteiger partial charge is 0.493 e. The lowest BCUT2D eigenvalue weighted by Gasteiger charge is -2.36. The number of ether oxygens (including phenoxy) is 6. The summed E-state index contributed by atoms with van der Waals surface area (Å²) < 4.78 is 33.8. The SMILES string of the molecule is CCC(C)(C)C(=O)C(=O)N1CCCC[C@H]1C(=O)OC(CCc1cc(OC)c(OC)c(OC)c1)c1cccc(OCC(=O)OC(C)(C)C)c1. The van der Waals surface area contributed by atoms with E-state index < -0.39 is 46.8 Å². The van der Waals surface area contributed by atoms with Gasteiger partial charge in [0.1, 0.15) is 23.5 Å². The van der Waals surface area contributed by atoms with Crippen LogP contribution in [0, 0.1) is 5.41 Å². The molecule has 2 aromatic carbocycles. The molecule has 1 aliphatic heterocycles. The van der Waals surface area contributed by atoms with E-state index in [4.69, 9.17) is 28.4 Å². The zero-order valence-electron chi connectivity index (χ0n) is 29.8. The van der Waals surface area contributed by atoms with E-state index in [1.54, 1.807) is 52.8 Å². The summed E-state index contributed by atoms with van der Waals surface area (Å²) >= 11 is 0. The average molecular weight is 670 g/mol. The summed E-state index contributed by atoms with van der Waals surface area (Å²) in [7, 11) is 4.61. The molecule has 2 aromatic rings. The third-order valence-corrected chi connectivity index (χ3v) is 8.41. The van der Waals surface area contributed by atoms with Crippen LogP contribution >= 0.6 is 0 Å². The second-order valence-electron chi connectivity index (χ2n) is 13.5. The summed E-state index contributed by atoms with van der Waals surface area (Å²) in [6.45, 7) is 10.7. The summed E-state index contributed by atoms with van der Waals surface area (Å²) in [5, 5.41) is 0. The van der Waals surface area contributed by atoms with E-state index in [1.165, 1.54) is 26.2 Å². The molecule has 1 amide bonds. The Hall–Kier alpha value is -4.28. The van der Waals surface area contributed by atoms with Crippen molar-refractivity contribution in [2.45, 2.75) is 97.8 Å². The molecule has 0 spiro atoms. The van der Waals surface area contributed by atoms with Gasteiger partial charge in [-0.05, 0) is 94.7 Å². The maximum absolute atomic E-state index is 13.9. The fourth-order valence-electron chi connectivity index (χ4n) is 5.41. The minimum atomic E-state index is -0.891. The van der Waals surface area contributed by atoms with Crippen LogP contribution in [0.5, 0.6) is 23.0 Å². The molecule has 0 bridgehead atoms. The lowest BCUT2D eigenvalue weighted by atomic mass is 9.84. The number of aryl methyl sites for hydroxylation is 1. The van der Waals surface area contributed by atoms with Gasteiger partial charge in [-0.2, -0.15) is 0 Å². The maximum atomic E-state index is 13.9. The number of nitrogens with zero attached hydrogens (tertiary/aromatic N) is 1. The van der Waals surface area contributed by atoms with Crippen molar-refractivity contribution in [3.05, 3.63) is 47.5 Å². The van der Waals surface area contributed by atoms with Gasteiger partial charge in [0.25, 0.3) is 5.91 Å².